The van der Waals surface area contributed by atoms with Gasteiger partial charge in [0.25, 0.3) is 0 Å². The summed E-state index contributed by atoms with van der Waals surface area (Å²) in [6.45, 7) is 7.31. The van der Waals surface area contributed by atoms with Crippen LogP contribution < -0.4 is 5.32 Å². The molecule has 1 atom stereocenters. The minimum Gasteiger partial charge on any atom is -0.481 e. The fourth-order valence-electron chi connectivity index (χ4n) is 1.38. The lowest BCUT2D eigenvalue weighted by atomic mass is 10.0. The van der Waals surface area contributed by atoms with Crippen molar-refractivity contribution < 1.29 is 9.90 Å². The molecule has 3 heteroatoms. The van der Waals surface area contributed by atoms with Gasteiger partial charge in [-0.15, -0.1) is 0 Å². The molecule has 0 aromatic carbocycles. The first-order chi connectivity index (χ1) is 6.07. The first-order valence-corrected chi connectivity index (χ1v) is 5.03. The van der Waals surface area contributed by atoms with Crippen molar-refractivity contribution in [3.63, 3.8) is 0 Å². The summed E-state index contributed by atoms with van der Waals surface area (Å²) in [4.78, 5) is 10.2. The van der Waals surface area contributed by atoms with Gasteiger partial charge in [0.2, 0.25) is 0 Å². The lowest BCUT2D eigenvalue weighted by Crippen LogP contribution is -2.33. The lowest BCUT2D eigenvalue weighted by molar-refractivity contribution is -0.137. The molecule has 0 saturated heterocycles. The number of nitrogens with one attached hydrogen (secondary N) is 1. The molecule has 0 bridgehead atoms. The van der Waals surface area contributed by atoms with Crippen LogP contribution in [-0.4, -0.2) is 23.7 Å². The van der Waals surface area contributed by atoms with Crippen molar-refractivity contribution in [2.24, 2.45) is 5.92 Å². The predicted molar refractivity (Wildman–Crippen MR) is 53.8 cm³/mol. The molecular weight excluding hydrogens is 166 g/mol. The minimum atomic E-state index is -0.709. The fraction of sp³-hybridized carbons (Fsp3) is 0.900. The molecule has 0 amide bonds. The first kappa shape index (κ1) is 12.4. The van der Waals surface area contributed by atoms with Crippen LogP contribution in [0.5, 0.6) is 0 Å². The van der Waals surface area contributed by atoms with E-state index in [9.17, 15) is 4.79 Å². The van der Waals surface area contributed by atoms with Gasteiger partial charge in [-0.25, -0.2) is 0 Å². The Labute approximate surface area is 80.5 Å². The number of hydrogen-bond donors (Lipinski definition) is 2. The van der Waals surface area contributed by atoms with Crippen LogP contribution in [0.25, 0.3) is 0 Å². The van der Waals surface area contributed by atoms with Crippen LogP contribution in [0, 0.1) is 5.92 Å². The number of carboxylic acid groups (broad SMARTS) is 1. The highest BCUT2D eigenvalue weighted by Crippen LogP contribution is 2.05. The smallest absolute Gasteiger partial charge is 0.303 e. The zero-order chi connectivity index (χ0) is 10.3. The first-order valence-electron chi connectivity index (χ1n) is 5.03. The van der Waals surface area contributed by atoms with Gasteiger partial charge in [0.05, 0.1) is 0 Å². The molecule has 13 heavy (non-hydrogen) atoms. The Balaban J connectivity index is 3.44. The molecule has 0 aliphatic rings. The summed E-state index contributed by atoms with van der Waals surface area (Å²) in [7, 11) is 0. The van der Waals surface area contributed by atoms with Gasteiger partial charge in [-0.2, -0.15) is 0 Å². The zero-order valence-electron chi connectivity index (χ0n) is 8.84. The number of aliphatic carboxylic acids is 1. The highest BCUT2D eigenvalue weighted by molar-refractivity contribution is 5.66. The van der Waals surface area contributed by atoms with Gasteiger partial charge < -0.3 is 10.4 Å². The van der Waals surface area contributed by atoms with Gasteiger partial charge in [-0.05, 0) is 25.3 Å². The SMILES string of the molecule is CCC(NCCCC(=O)O)C(C)C. The van der Waals surface area contributed by atoms with E-state index in [1.165, 1.54) is 0 Å². The summed E-state index contributed by atoms with van der Waals surface area (Å²) in [5.41, 5.74) is 0. The van der Waals surface area contributed by atoms with Crippen LogP contribution in [0.2, 0.25) is 0 Å². The maximum Gasteiger partial charge on any atom is 0.303 e. The Morgan fingerprint density at radius 2 is 2.08 bits per heavy atom. The van der Waals surface area contributed by atoms with Crippen molar-refractivity contribution in [3.8, 4) is 0 Å². The molecule has 0 saturated carbocycles. The third kappa shape index (κ3) is 6.58. The van der Waals surface area contributed by atoms with Gasteiger partial charge in [-0.1, -0.05) is 20.8 Å². The molecule has 0 aliphatic carbocycles. The van der Waals surface area contributed by atoms with Crippen LogP contribution in [0.15, 0.2) is 0 Å². The maximum absolute atomic E-state index is 10.2. The third-order valence-corrected chi connectivity index (χ3v) is 2.22. The number of hydrogen-bond acceptors (Lipinski definition) is 2. The van der Waals surface area contributed by atoms with E-state index in [2.05, 4.69) is 26.1 Å². The summed E-state index contributed by atoms with van der Waals surface area (Å²) in [6, 6.07) is 0.522. The topological polar surface area (TPSA) is 49.3 Å². The summed E-state index contributed by atoms with van der Waals surface area (Å²) in [5.74, 6) is -0.0887. The van der Waals surface area contributed by atoms with Crippen LogP contribution >= 0.6 is 0 Å². The largest absolute Gasteiger partial charge is 0.481 e. The van der Waals surface area contributed by atoms with Crippen molar-refractivity contribution in [1.29, 1.82) is 0 Å². The summed E-state index contributed by atoms with van der Waals surface area (Å²) in [6.07, 6.45) is 2.09. The van der Waals surface area contributed by atoms with Gasteiger partial charge >= 0.3 is 5.97 Å². The summed E-state index contributed by atoms with van der Waals surface area (Å²) in [5, 5.41) is 11.8. The van der Waals surface area contributed by atoms with Gasteiger partial charge in [0.15, 0.2) is 0 Å². The van der Waals surface area contributed by atoms with Crippen molar-refractivity contribution in [1.82, 2.24) is 5.32 Å². The van der Waals surface area contributed by atoms with Crippen LogP contribution in [0.1, 0.15) is 40.0 Å². The third-order valence-electron chi connectivity index (χ3n) is 2.22. The molecule has 0 radical (unpaired) electrons. The standard InChI is InChI=1S/C10H21NO2/c1-4-9(8(2)3)11-7-5-6-10(12)13/h8-9,11H,4-7H2,1-3H3,(H,12,13). The van der Waals surface area contributed by atoms with Crippen molar-refractivity contribution >= 4 is 5.97 Å². The molecule has 2 N–H and O–H groups in total. The van der Waals surface area contributed by atoms with Gasteiger partial charge in [-0.3, -0.25) is 4.79 Å². The lowest BCUT2D eigenvalue weighted by Gasteiger charge is -2.20. The molecule has 0 rings (SSSR count). The fourth-order valence-corrected chi connectivity index (χ4v) is 1.38. The zero-order valence-corrected chi connectivity index (χ0v) is 8.84. The van der Waals surface area contributed by atoms with Crippen LogP contribution in [0.4, 0.5) is 0 Å². The summed E-state index contributed by atoms with van der Waals surface area (Å²) >= 11 is 0. The molecular formula is C10H21NO2. The van der Waals surface area contributed by atoms with E-state index < -0.39 is 5.97 Å². The second-order valence-corrected chi connectivity index (χ2v) is 3.71. The predicted octanol–water partition coefficient (Wildman–Crippen LogP) is 1.88. The molecule has 0 heterocycles. The molecule has 0 aromatic heterocycles. The average molecular weight is 187 g/mol. The van der Waals surface area contributed by atoms with Crippen molar-refractivity contribution in [2.45, 2.75) is 46.1 Å². The number of rotatable bonds is 7. The molecule has 0 fully saturated rings. The molecule has 0 aliphatic heterocycles. The van der Waals surface area contributed by atoms with Crippen LogP contribution in [-0.2, 0) is 4.79 Å². The minimum absolute atomic E-state index is 0.265. The maximum atomic E-state index is 10.2. The molecule has 3 nitrogen and oxygen atoms in total. The molecule has 0 spiro atoms. The Morgan fingerprint density at radius 3 is 2.46 bits per heavy atom. The Bertz CT molecular complexity index is 146. The quantitative estimate of drug-likeness (QED) is 0.598. The molecule has 0 aromatic rings. The second kappa shape index (κ2) is 6.89. The highest BCUT2D eigenvalue weighted by Gasteiger charge is 2.09. The van der Waals surface area contributed by atoms with E-state index in [1.807, 2.05) is 0 Å². The number of carboxylic acids is 1. The molecule has 1 unspecified atom stereocenters. The number of carbonyl (C=O) groups is 1. The normalized spacial score (nSPS) is 13.2. The van der Waals surface area contributed by atoms with Gasteiger partial charge in [0.1, 0.15) is 0 Å². The van der Waals surface area contributed by atoms with E-state index in [4.69, 9.17) is 5.11 Å². The monoisotopic (exact) mass is 187 g/mol. The Kier molecular flexibility index (Phi) is 6.59. The van der Waals surface area contributed by atoms with E-state index >= 15 is 0 Å². The van der Waals surface area contributed by atoms with E-state index in [1.54, 1.807) is 0 Å². The van der Waals surface area contributed by atoms with Crippen LogP contribution in [0.3, 0.4) is 0 Å². The van der Waals surface area contributed by atoms with Gasteiger partial charge in [0, 0.05) is 12.5 Å². The summed E-state index contributed by atoms with van der Waals surface area (Å²) < 4.78 is 0. The Morgan fingerprint density at radius 1 is 1.46 bits per heavy atom. The van der Waals surface area contributed by atoms with E-state index in [-0.39, 0.29) is 6.42 Å². The van der Waals surface area contributed by atoms with E-state index in [0.717, 1.165) is 19.4 Å². The average Bonchev–Trinajstić information content (AvgIpc) is 2.03. The van der Waals surface area contributed by atoms with Crippen molar-refractivity contribution in [2.75, 3.05) is 6.54 Å². The Hall–Kier alpha value is -0.570. The van der Waals surface area contributed by atoms with Crippen molar-refractivity contribution in [3.05, 3.63) is 0 Å². The molecule has 78 valence electrons. The highest BCUT2D eigenvalue weighted by atomic mass is 16.4. The van der Waals surface area contributed by atoms with E-state index in [0.29, 0.717) is 12.0 Å². The second-order valence-electron chi connectivity index (χ2n) is 3.71.